The third-order valence-electron chi connectivity index (χ3n) is 8.71. The van der Waals surface area contributed by atoms with E-state index in [-0.39, 0.29) is 6.71 Å². The van der Waals surface area contributed by atoms with Crippen LogP contribution in [0, 0.1) is 0 Å². The number of rotatable bonds is 1. The SMILES string of the molecule is c1ccc2c(c1)Oc1cc(-n3c4ccccc4c4ccc5oc6ccccc6c5c43)cc3c1B2c1ccccc1O3. The van der Waals surface area contributed by atoms with Crippen molar-refractivity contribution in [1.82, 2.24) is 4.57 Å². The molecule has 2 aromatic heterocycles. The monoisotopic (exact) mass is 525 g/mol. The van der Waals surface area contributed by atoms with E-state index in [0.717, 1.165) is 78.0 Å². The molecule has 0 spiro atoms. The predicted molar refractivity (Wildman–Crippen MR) is 166 cm³/mol. The van der Waals surface area contributed by atoms with Gasteiger partial charge in [-0.3, -0.25) is 0 Å². The zero-order valence-electron chi connectivity index (χ0n) is 21.8. The topological polar surface area (TPSA) is 36.5 Å². The number of furan rings is 1. The minimum absolute atomic E-state index is 0.0478. The number of fused-ring (bicyclic) bond motifs is 11. The third-order valence-corrected chi connectivity index (χ3v) is 8.71. The number of hydrogen-bond acceptors (Lipinski definition) is 3. The molecule has 6 aromatic carbocycles. The molecule has 41 heavy (non-hydrogen) atoms. The standard InChI is InChI=1S/C36H20BNO3/c1-5-13-27-22(9-1)23-17-18-31-34(24-10-2-6-14-28(24)39-31)36(23)38(27)21-19-32-35-33(20-21)41-30-16-8-4-12-26(30)37(35)25-11-3-7-15-29(25)40-32/h1-20H. The molecule has 2 aliphatic heterocycles. The Balaban J connectivity index is 1.34. The fourth-order valence-electron chi connectivity index (χ4n) is 7.04. The maximum atomic E-state index is 6.63. The summed E-state index contributed by atoms with van der Waals surface area (Å²) >= 11 is 0. The Hall–Kier alpha value is -5.42. The predicted octanol–water partition coefficient (Wildman–Crippen LogP) is 7.41. The summed E-state index contributed by atoms with van der Waals surface area (Å²) in [7, 11) is 0. The molecule has 4 heterocycles. The molecule has 2 aliphatic rings. The van der Waals surface area contributed by atoms with Crippen LogP contribution in [0.2, 0.25) is 0 Å². The average Bonchev–Trinajstić information content (AvgIpc) is 3.56. The largest absolute Gasteiger partial charge is 0.458 e. The summed E-state index contributed by atoms with van der Waals surface area (Å²) in [4.78, 5) is 0. The second kappa shape index (κ2) is 7.61. The molecular weight excluding hydrogens is 505 g/mol. The molecule has 0 atom stereocenters. The van der Waals surface area contributed by atoms with E-state index in [9.17, 15) is 0 Å². The number of ether oxygens (including phenoxy) is 2. The quantitative estimate of drug-likeness (QED) is 0.210. The molecule has 0 saturated carbocycles. The van der Waals surface area contributed by atoms with Crippen molar-refractivity contribution in [1.29, 1.82) is 0 Å². The van der Waals surface area contributed by atoms with Crippen molar-refractivity contribution in [2.45, 2.75) is 0 Å². The summed E-state index contributed by atoms with van der Waals surface area (Å²) in [6.07, 6.45) is 0. The van der Waals surface area contributed by atoms with Crippen LogP contribution in [0.1, 0.15) is 0 Å². The lowest BCUT2D eigenvalue weighted by molar-refractivity contribution is 0.464. The second-order valence-corrected chi connectivity index (χ2v) is 10.9. The van der Waals surface area contributed by atoms with Crippen molar-refractivity contribution in [2.24, 2.45) is 0 Å². The molecule has 0 unspecified atom stereocenters. The molecule has 0 fully saturated rings. The highest BCUT2D eigenvalue weighted by atomic mass is 16.5. The van der Waals surface area contributed by atoms with Crippen molar-refractivity contribution in [3.05, 3.63) is 121 Å². The van der Waals surface area contributed by atoms with Crippen LogP contribution in [0.4, 0.5) is 0 Å². The van der Waals surface area contributed by atoms with Crippen molar-refractivity contribution in [3.63, 3.8) is 0 Å². The highest BCUT2D eigenvalue weighted by molar-refractivity contribution is 6.98. The molecule has 0 aliphatic carbocycles. The maximum absolute atomic E-state index is 6.63. The lowest BCUT2D eigenvalue weighted by Gasteiger charge is -2.33. The Morgan fingerprint density at radius 2 is 1.15 bits per heavy atom. The van der Waals surface area contributed by atoms with Crippen LogP contribution >= 0.6 is 0 Å². The molecule has 190 valence electrons. The zero-order chi connectivity index (χ0) is 26.7. The van der Waals surface area contributed by atoms with E-state index in [4.69, 9.17) is 13.9 Å². The van der Waals surface area contributed by atoms with Gasteiger partial charge in [-0.05, 0) is 47.3 Å². The Morgan fingerprint density at radius 1 is 0.512 bits per heavy atom. The van der Waals surface area contributed by atoms with Crippen molar-refractivity contribution < 1.29 is 13.9 Å². The van der Waals surface area contributed by atoms with Gasteiger partial charge in [0, 0.05) is 33.8 Å². The van der Waals surface area contributed by atoms with E-state index in [1.807, 2.05) is 24.3 Å². The highest BCUT2D eigenvalue weighted by Gasteiger charge is 2.40. The van der Waals surface area contributed by atoms with E-state index >= 15 is 0 Å². The van der Waals surface area contributed by atoms with Gasteiger partial charge in [0.15, 0.2) is 0 Å². The lowest BCUT2D eigenvalue weighted by Crippen LogP contribution is -2.57. The number of hydrogen-bond donors (Lipinski definition) is 0. The minimum atomic E-state index is 0.0478. The summed E-state index contributed by atoms with van der Waals surface area (Å²) in [6, 6.07) is 42.1. The van der Waals surface area contributed by atoms with Gasteiger partial charge in [-0.15, -0.1) is 0 Å². The molecule has 0 bridgehead atoms. The van der Waals surface area contributed by atoms with Gasteiger partial charge in [-0.25, -0.2) is 0 Å². The molecular formula is C36H20BNO3. The van der Waals surface area contributed by atoms with Crippen LogP contribution in [0.5, 0.6) is 23.0 Å². The van der Waals surface area contributed by atoms with E-state index in [1.165, 1.54) is 10.8 Å². The minimum Gasteiger partial charge on any atom is -0.458 e. The first-order valence-corrected chi connectivity index (χ1v) is 13.9. The van der Waals surface area contributed by atoms with Gasteiger partial charge in [-0.1, -0.05) is 72.8 Å². The third kappa shape index (κ3) is 2.75. The zero-order valence-corrected chi connectivity index (χ0v) is 21.8. The van der Waals surface area contributed by atoms with E-state index in [1.54, 1.807) is 0 Å². The molecule has 0 radical (unpaired) electrons. The number of nitrogens with zero attached hydrogens (tertiary/aromatic N) is 1. The van der Waals surface area contributed by atoms with Crippen LogP contribution in [0.3, 0.4) is 0 Å². The highest BCUT2D eigenvalue weighted by Crippen LogP contribution is 2.43. The summed E-state index contributed by atoms with van der Waals surface area (Å²) in [5.74, 6) is 3.42. The van der Waals surface area contributed by atoms with Crippen LogP contribution in [-0.4, -0.2) is 11.3 Å². The first-order valence-electron chi connectivity index (χ1n) is 13.9. The van der Waals surface area contributed by atoms with Gasteiger partial charge in [0.2, 0.25) is 0 Å². The van der Waals surface area contributed by atoms with E-state index in [0.29, 0.717) is 0 Å². The summed E-state index contributed by atoms with van der Waals surface area (Å²) in [5.41, 5.74) is 8.38. The van der Waals surface area contributed by atoms with Crippen molar-refractivity contribution in [2.75, 3.05) is 0 Å². The fourth-order valence-corrected chi connectivity index (χ4v) is 7.04. The van der Waals surface area contributed by atoms with Crippen molar-refractivity contribution >= 4 is 66.8 Å². The molecule has 8 aromatic rings. The normalized spacial score (nSPS) is 13.2. The average molecular weight is 525 g/mol. The molecule has 5 heteroatoms. The molecule has 10 rings (SSSR count). The number of aromatic nitrogens is 1. The van der Waals surface area contributed by atoms with Gasteiger partial charge in [0.05, 0.1) is 22.1 Å². The molecule has 4 nitrogen and oxygen atoms in total. The second-order valence-electron chi connectivity index (χ2n) is 10.9. The lowest BCUT2D eigenvalue weighted by atomic mass is 9.35. The van der Waals surface area contributed by atoms with Crippen molar-refractivity contribution in [3.8, 4) is 28.7 Å². The molecule has 0 N–H and O–H groups in total. The van der Waals surface area contributed by atoms with Crippen LogP contribution < -0.4 is 25.9 Å². The Labute approximate surface area is 235 Å². The molecule has 0 amide bonds. The van der Waals surface area contributed by atoms with Gasteiger partial charge in [0.25, 0.3) is 6.71 Å². The van der Waals surface area contributed by atoms with Gasteiger partial charge >= 0.3 is 0 Å². The number of para-hydroxylation sites is 4. The summed E-state index contributed by atoms with van der Waals surface area (Å²) < 4.78 is 21.9. The van der Waals surface area contributed by atoms with Gasteiger partial charge in [0.1, 0.15) is 34.2 Å². The van der Waals surface area contributed by atoms with Gasteiger partial charge in [-0.2, -0.15) is 0 Å². The van der Waals surface area contributed by atoms with Crippen LogP contribution in [0.25, 0.3) is 49.4 Å². The van der Waals surface area contributed by atoms with Crippen LogP contribution in [-0.2, 0) is 0 Å². The Morgan fingerprint density at radius 3 is 1.90 bits per heavy atom. The Bertz CT molecular complexity index is 2330. The molecule has 0 saturated heterocycles. The number of benzene rings is 6. The van der Waals surface area contributed by atoms with Crippen LogP contribution in [0.15, 0.2) is 126 Å². The maximum Gasteiger partial charge on any atom is 0.260 e. The first-order chi connectivity index (χ1) is 20.3. The smallest absolute Gasteiger partial charge is 0.260 e. The summed E-state index contributed by atoms with van der Waals surface area (Å²) in [6.45, 7) is 0.0478. The fraction of sp³-hybridized carbons (Fsp3) is 0. The Kier molecular flexibility index (Phi) is 3.98. The van der Waals surface area contributed by atoms with E-state index < -0.39 is 0 Å². The summed E-state index contributed by atoms with van der Waals surface area (Å²) in [5, 5.41) is 4.58. The van der Waals surface area contributed by atoms with E-state index in [2.05, 4.69) is 102 Å². The first kappa shape index (κ1) is 21.4. The van der Waals surface area contributed by atoms with Gasteiger partial charge < -0.3 is 18.5 Å².